The Balaban J connectivity index is 1.72. The zero-order chi connectivity index (χ0) is 16.2. The SMILES string of the molecule is O=C(N/N=C/c1ccc(O)c(O)c1)c1ccc2ncccc2c1. The zero-order valence-corrected chi connectivity index (χ0v) is 12.0. The van der Waals surface area contributed by atoms with Gasteiger partial charge in [-0.05, 0) is 48.0 Å². The van der Waals surface area contributed by atoms with Crippen LogP contribution < -0.4 is 5.43 Å². The third-order valence-electron chi connectivity index (χ3n) is 3.24. The van der Waals surface area contributed by atoms with E-state index in [2.05, 4.69) is 15.5 Å². The summed E-state index contributed by atoms with van der Waals surface area (Å²) in [5, 5.41) is 23.3. The number of hydrazone groups is 1. The lowest BCUT2D eigenvalue weighted by molar-refractivity contribution is 0.0955. The van der Waals surface area contributed by atoms with Gasteiger partial charge in [0, 0.05) is 17.1 Å². The first-order chi connectivity index (χ1) is 11.1. The van der Waals surface area contributed by atoms with Crippen LogP contribution in [0.3, 0.4) is 0 Å². The molecule has 6 nitrogen and oxygen atoms in total. The molecule has 3 aromatic rings. The first kappa shape index (κ1) is 14.5. The van der Waals surface area contributed by atoms with Crippen LogP contribution in [0.5, 0.6) is 11.5 Å². The Hall–Kier alpha value is -3.41. The molecule has 23 heavy (non-hydrogen) atoms. The number of benzene rings is 2. The Labute approximate surface area is 131 Å². The van der Waals surface area contributed by atoms with Crippen molar-refractivity contribution in [1.29, 1.82) is 0 Å². The van der Waals surface area contributed by atoms with Crippen LogP contribution in [0.4, 0.5) is 0 Å². The molecule has 0 saturated heterocycles. The number of aromatic hydroxyl groups is 2. The summed E-state index contributed by atoms with van der Waals surface area (Å²) >= 11 is 0. The molecule has 6 heteroatoms. The van der Waals surface area contributed by atoms with E-state index in [1.54, 1.807) is 36.5 Å². The first-order valence-corrected chi connectivity index (χ1v) is 6.84. The van der Waals surface area contributed by atoms with Gasteiger partial charge < -0.3 is 10.2 Å². The molecule has 0 aliphatic rings. The second-order valence-electron chi connectivity index (χ2n) is 4.86. The third kappa shape index (κ3) is 3.26. The van der Waals surface area contributed by atoms with E-state index in [0.29, 0.717) is 11.1 Å². The van der Waals surface area contributed by atoms with Gasteiger partial charge in [0.15, 0.2) is 11.5 Å². The number of phenols is 2. The maximum absolute atomic E-state index is 12.1. The summed E-state index contributed by atoms with van der Waals surface area (Å²) in [6.07, 6.45) is 3.07. The highest BCUT2D eigenvalue weighted by molar-refractivity contribution is 5.98. The van der Waals surface area contributed by atoms with E-state index in [1.807, 2.05) is 6.07 Å². The van der Waals surface area contributed by atoms with Crippen molar-refractivity contribution in [2.24, 2.45) is 5.10 Å². The Kier molecular flexibility index (Phi) is 3.88. The summed E-state index contributed by atoms with van der Waals surface area (Å²) in [5.74, 6) is -0.812. The highest BCUT2D eigenvalue weighted by atomic mass is 16.3. The van der Waals surface area contributed by atoms with Crippen LogP contribution in [0.25, 0.3) is 10.9 Å². The van der Waals surface area contributed by atoms with E-state index in [9.17, 15) is 15.0 Å². The molecule has 1 heterocycles. The number of hydrogen-bond donors (Lipinski definition) is 3. The number of hydrogen-bond acceptors (Lipinski definition) is 5. The number of fused-ring (bicyclic) bond motifs is 1. The van der Waals surface area contributed by atoms with Gasteiger partial charge in [0.2, 0.25) is 0 Å². The van der Waals surface area contributed by atoms with E-state index in [0.717, 1.165) is 10.9 Å². The molecule has 2 aromatic carbocycles. The Morgan fingerprint density at radius 3 is 2.78 bits per heavy atom. The fourth-order valence-corrected chi connectivity index (χ4v) is 2.07. The second kappa shape index (κ2) is 6.15. The van der Waals surface area contributed by atoms with Gasteiger partial charge in [-0.2, -0.15) is 5.10 Å². The third-order valence-corrected chi connectivity index (χ3v) is 3.24. The minimum atomic E-state index is -0.352. The number of amides is 1. The summed E-state index contributed by atoms with van der Waals surface area (Å²) in [4.78, 5) is 16.3. The van der Waals surface area contributed by atoms with Crippen LogP contribution in [0, 0.1) is 0 Å². The van der Waals surface area contributed by atoms with Crippen molar-refractivity contribution in [3.8, 4) is 11.5 Å². The number of nitrogens with one attached hydrogen (secondary N) is 1. The average Bonchev–Trinajstić information content (AvgIpc) is 2.57. The monoisotopic (exact) mass is 307 g/mol. The molecular formula is C17H13N3O3. The average molecular weight is 307 g/mol. The molecule has 1 amide bonds. The molecule has 3 N–H and O–H groups in total. The number of nitrogens with zero attached hydrogens (tertiary/aromatic N) is 2. The summed E-state index contributed by atoms with van der Waals surface area (Å²) in [7, 11) is 0. The summed E-state index contributed by atoms with van der Waals surface area (Å²) in [6.45, 7) is 0. The van der Waals surface area contributed by atoms with Gasteiger partial charge >= 0.3 is 0 Å². The van der Waals surface area contributed by atoms with Crippen LogP contribution in [0.15, 0.2) is 59.8 Å². The standard InChI is InChI=1S/C17H13N3O3/c21-15-6-3-11(8-16(15)22)10-19-20-17(23)13-4-5-14-12(9-13)2-1-7-18-14/h1-10,21-22H,(H,20,23)/b19-10+. The molecule has 0 spiro atoms. The number of phenolic OH excluding ortho intramolecular Hbond substituents is 2. The van der Waals surface area contributed by atoms with Crippen molar-refractivity contribution in [1.82, 2.24) is 10.4 Å². The Bertz CT molecular complexity index is 906. The Morgan fingerprint density at radius 1 is 1.09 bits per heavy atom. The van der Waals surface area contributed by atoms with Crippen molar-refractivity contribution in [3.63, 3.8) is 0 Å². The lowest BCUT2D eigenvalue weighted by Crippen LogP contribution is -2.17. The van der Waals surface area contributed by atoms with Crippen molar-refractivity contribution in [3.05, 3.63) is 65.9 Å². The van der Waals surface area contributed by atoms with Gasteiger partial charge in [0.1, 0.15) is 0 Å². The van der Waals surface area contributed by atoms with E-state index in [4.69, 9.17) is 0 Å². The van der Waals surface area contributed by atoms with Gasteiger partial charge in [-0.3, -0.25) is 9.78 Å². The van der Waals surface area contributed by atoms with E-state index in [1.165, 1.54) is 18.3 Å². The van der Waals surface area contributed by atoms with Crippen molar-refractivity contribution in [2.75, 3.05) is 0 Å². The van der Waals surface area contributed by atoms with Gasteiger partial charge in [0.05, 0.1) is 11.7 Å². The molecular weight excluding hydrogens is 294 g/mol. The zero-order valence-electron chi connectivity index (χ0n) is 12.0. The molecule has 0 unspecified atom stereocenters. The van der Waals surface area contributed by atoms with Gasteiger partial charge in [-0.25, -0.2) is 5.43 Å². The van der Waals surface area contributed by atoms with Crippen LogP contribution in [0.2, 0.25) is 0 Å². The maximum atomic E-state index is 12.1. The molecule has 0 radical (unpaired) electrons. The smallest absolute Gasteiger partial charge is 0.271 e. The number of rotatable bonds is 3. The van der Waals surface area contributed by atoms with E-state index >= 15 is 0 Å². The van der Waals surface area contributed by atoms with Crippen molar-refractivity contribution >= 4 is 23.0 Å². The van der Waals surface area contributed by atoms with E-state index < -0.39 is 0 Å². The number of carbonyl (C=O) groups excluding carboxylic acids is 1. The lowest BCUT2D eigenvalue weighted by Gasteiger charge is -2.02. The number of carbonyl (C=O) groups is 1. The molecule has 0 aliphatic carbocycles. The molecule has 1 aromatic heterocycles. The van der Waals surface area contributed by atoms with Crippen LogP contribution >= 0.6 is 0 Å². The van der Waals surface area contributed by atoms with Crippen LogP contribution in [-0.2, 0) is 0 Å². The summed E-state index contributed by atoms with van der Waals surface area (Å²) in [6, 6.07) is 13.1. The predicted molar refractivity (Wildman–Crippen MR) is 86.6 cm³/mol. The topological polar surface area (TPSA) is 94.8 Å². The predicted octanol–water partition coefficient (Wildman–Crippen LogP) is 2.41. The Morgan fingerprint density at radius 2 is 1.96 bits per heavy atom. The lowest BCUT2D eigenvalue weighted by atomic mass is 10.1. The highest BCUT2D eigenvalue weighted by Crippen LogP contribution is 2.23. The largest absolute Gasteiger partial charge is 0.504 e. The molecule has 3 rings (SSSR count). The number of aromatic nitrogens is 1. The van der Waals surface area contributed by atoms with Crippen molar-refractivity contribution in [2.45, 2.75) is 0 Å². The van der Waals surface area contributed by atoms with Crippen LogP contribution in [0.1, 0.15) is 15.9 Å². The van der Waals surface area contributed by atoms with Gasteiger partial charge in [-0.15, -0.1) is 0 Å². The summed E-state index contributed by atoms with van der Waals surface area (Å²) in [5.41, 5.74) is 4.24. The maximum Gasteiger partial charge on any atom is 0.271 e. The molecule has 0 bridgehead atoms. The van der Waals surface area contributed by atoms with E-state index in [-0.39, 0.29) is 17.4 Å². The minimum absolute atomic E-state index is 0.212. The van der Waals surface area contributed by atoms with Crippen molar-refractivity contribution < 1.29 is 15.0 Å². The first-order valence-electron chi connectivity index (χ1n) is 6.84. The fourth-order valence-electron chi connectivity index (χ4n) is 2.07. The molecule has 114 valence electrons. The van der Waals surface area contributed by atoms with Gasteiger partial charge in [-0.1, -0.05) is 6.07 Å². The highest BCUT2D eigenvalue weighted by Gasteiger charge is 2.05. The fraction of sp³-hybridized carbons (Fsp3) is 0. The molecule has 0 atom stereocenters. The minimum Gasteiger partial charge on any atom is -0.504 e. The molecule has 0 aliphatic heterocycles. The quantitative estimate of drug-likeness (QED) is 0.393. The normalized spacial score (nSPS) is 11.0. The summed E-state index contributed by atoms with van der Waals surface area (Å²) < 4.78 is 0. The van der Waals surface area contributed by atoms with Gasteiger partial charge in [0.25, 0.3) is 5.91 Å². The molecule has 0 saturated carbocycles. The second-order valence-corrected chi connectivity index (χ2v) is 4.86. The number of pyridine rings is 1. The van der Waals surface area contributed by atoms with Crippen LogP contribution in [-0.4, -0.2) is 27.3 Å². The molecule has 0 fully saturated rings.